The van der Waals surface area contributed by atoms with Gasteiger partial charge >= 0.3 is 0 Å². The molecule has 0 aromatic carbocycles. The van der Waals surface area contributed by atoms with E-state index in [9.17, 15) is 9.90 Å². The lowest BCUT2D eigenvalue weighted by Crippen LogP contribution is -2.24. The van der Waals surface area contributed by atoms with E-state index in [1.54, 1.807) is 0 Å². The molecule has 1 aromatic heterocycles. The molecule has 1 amide bonds. The van der Waals surface area contributed by atoms with Crippen molar-refractivity contribution in [3.8, 4) is 0 Å². The number of aliphatic hydroxyl groups excluding tert-OH is 1. The van der Waals surface area contributed by atoms with Gasteiger partial charge in [0.1, 0.15) is 0 Å². The summed E-state index contributed by atoms with van der Waals surface area (Å²) in [5.74, 6) is 0.0892. The number of nitrogens with one attached hydrogen (secondary N) is 1. The summed E-state index contributed by atoms with van der Waals surface area (Å²) in [5, 5.41) is 12.6. The highest BCUT2D eigenvalue weighted by Gasteiger charge is 2.20. The zero-order valence-electron chi connectivity index (χ0n) is 10.3. The van der Waals surface area contributed by atoms with Gasteiger partial charge in [-0.1, -0.05) is 0 Å². The van der Waals surface area contributed by atoms with Gasteiger partial charge in [-0.3, -0.25) is 4.79 Å². The van der Waals surface area contributed by atoms with Crippen molar-refractivity contribution in [1.82, 2.24) is 9.88 Å². The number of fused-ring (bicyclic) bond motifs is 1. The van der Waals surface area contributed by atoms with E-state index in [0.29, 0.717) is 19.5 Å². The highest BCUT2D eigenvalue weighted by molar-refractivity contribution is 5.75. The Bertz CT molecular complexity index is 398. The highest BCUT2D eigenvalue weighted by atomic mass is 16.3. The minimum atomic E-state index is -0.315. The fraction of sp³-hybridized carbons (Fsp3) is 0.615. The van der Waals surface area contributed by atoms with Crippen LogP contribution in [0.1, 0.15) is 43.5 Å². The Balaban J connectivity index is 2.00. The van der Waals surface area contributed by atoms with E-state index in [1.165, 1.54) is 5.69 Å². The van der Waals surface area contributed by atoms with Gasteiger partial charge in [0.15, 0.2) is 0 Å². The molecule has 1 aromatic rings. The van der Waals surface area contributed by atoms with Crippen molar-refractivity contribution in [3.63, 3.8) is 0 Å². The fourth-order valence-corrected chi connectivity index (χ4v) is 2.45. The normalized spacial score (nSPS) is 18.8. The third-order valence-corrected chi connectivity index (χ3v) is 3.32. The summed E-state index contributed by atoms with van der Waals surface area (Å²) in [6, 6.07) is 1.98. The van der Waals surface area contributed by atoms with Crippen molar-refractivity contribution in [2.24, 2.45) is 0 Å². The molecule has 0 radical (unpaired) electrons. The van der Waals surface area contributed by atoms with Crippen molar-refractivity contribution in [1.29, 1.82) is 0 Å². The molecule has 0 aliphatic heterocycles. The van der Waals surface area contributed by atoms with Crippen molar-refractivity contribution in [2.45, 2.75) is 45.3 Å². The molecular weight excluding hydrogens is 216 g/mol. The molecule has 1 unspecified atom stereocenters. The number of amides is 1. The molecule has 1 heterocycles. The molecule has 17 heavy (non-hydrogen) atoms. The van der Waals surface area contributed by atoms with Crippen LogP contribution in [0.5, 0.6) is 0 Å². The Hall–Kier alpha value is -1.29. The van der Waals surface area contributed by atoms with Gasteiger partial charge in [-0.25, -0.2) is 0 Å². The molecule has 4 nitrogen and oxygen atoms in total. The van der Waals surface area contributed by atoms with E-state index in [4.69, 9.17) is 0 Å². The number of aliphatic hydroxyl groups is 1. The van der Waals surface area contributed by atoms with Gasteiger partial charge in [-0.15, -0.1) is 0 Å². The molecule has 4 heteroatoms. The van der Waals surface area contributed by atoms with Crippen LogP contribution in [0.4, 0.5) is 0 Å². The maximum absolute atomic E-state index is 11.4. The van der Waals surface area contributed by atoms with Crippen molar-refractivity contribution in [3.05, 3.63) is 23.5 Å². The van der Waals surface area contributed by atoms with Gasteiger partial charge in [0.25, 0.3) is 0 Å². The monoisotopic (exact) mass is 236 g/mol. The Morgan fingerprint density at radius 2 is 2.47 bits per heavy atom. The Morgan fingerprint density at radius 3 is 3.24 bits per heavy atom. The Labute approximate surface area is 102 Å². The largest absolute Gasteiger partial charge is 0.388 e. The smallest absolute Gasteiger partial charge is 0.221 e. The van der Waals surface area contributed by atoms with Gasteiger partial charge < -0.3 is 15.0 Å². The zero-order valence-corrected chi connectivity index (χ0v) is 10.3. The predicted octanol–water partition coefficient (Wildman–Crippen LogP) is 1.38. The predicted molar refractivity (Wildman–Crippen MR) is 65.6 cm³/mol. The van der Waals surface area contributed by atoms with Crippen molar-refractivity contribution >= 4 is 5.91 Å². The summed E-state index contributed by atoms with van der Waals surface area (Å²) in [6.45, 7) is 3.31. The number of nitrogens with zero attached hydrogens (tertiary/aromatic N) is 1. The minimum absolute atomic E-state index is 0.0892. The Morgan fingerprint density at radius 1 is 1.65 bits per heavy atom. The van der Waals surface area contributed by atoms with Crippen LogP contribution in [0.2, 0.25) is 0 Å². The van der Waals surface area contributed by atoms with Crippen LogP contribution >= 0.6 is 0 Å². The average Bonchev–Trinajstić information content (AvgIpc) is 2.72. The first-order valence-corrected chi connectivity index (χ1v) is 6.35. The number of aromatic nitrogens is 1. The number of hydrogen-bond donors (Lipinski definition) is 2. The topological polar surface area (TPSA) is 54.3 Å². The quantitative estimate of drug-likeness (QED) is 0.830. The van der Waals surface area contributed by atoms with Crippen LogP contribution in [-0.4, -0.2) is 22.1 Å². The lowest BCUT2D eigenvalue weighted by atomic mass is 9.95. The summed E-state index contributed by atoms with van der Waals surface area (Å²) in [7, 11) is 0. The first-order valence-electron chi connectivity index (χ1n) is 6.35. The van der Waals surface area contributed by atoms with Crippen LogP contribution in [-0.2, 0) is 17.8 Å². The van der Waals surface area contributed by atoms with E-state index in [0.717, 1.165) is 24.8 Å². The van der Waals surface area contributed by atoms with Crippen molar-refractivity contribution in [2.75, 3.05) is 6.54 Å². The Kier molecular flexibility index (Phi) is 3.84. The van der Waals surface area contributed by atoms with Crippen LogP contribution in [0.3, 0.4) is 0 Å². The molecule has 0 spiro atoms. The number of hydrogen-bond acceptors (Lipinski definition) is 2. The second-order valence-electron chi connectivity index (χ2n) is 4.52. The molecule has 2 N–H and O–H groups in total. The first kappa shape index (κ1) is 12.2. The van der Waals surface area contributed by atoms with Crippen molar-refractivity contribution < 1.29 is 9.90 Å². The van der Waals surface area contributed by atoms with Gasteiger partial charge in [-0.05, 0) is 32.3 Å². The molecule has 1 aliphatic carbocycles. The SMILES string of the molecule is CCNC(=O)CCn1ccc2c1CCCC2O. The molecule has 0 saturated carbocycles. The van der Waals surface area contributed by atoms with Gasteiger partial charge in [0.2, 0.25) is 5.91 Å². The maximum atomic E-state index is 11.4. The third-order valence-electron chi connectivity index (χ3n) is 3.32. The molecule has 2 rings (SSSR count). The second-order valence-corrected chi connectivity index (χ2v) is 4.52. The second kappa shape index (κ2) is 5.36. The lowest BCUT2D eigenvalue weighted by Gasteiger charge is -2.20. The molecule has 1 atom stereocenters. The summed E-state index contributed by atoms with van der Waals surface area (Å²) in [4.78, 5) is 11.4. The first-order chi connectivity index (χ1) is 8.22. The highest BCUT2D eigenvalue weighted by Crippen LogP contribution is 2.30. The number of carbonyl (C=O) groups excluding carboxylic acids is 1. The molecule has 0 fully saturated rings. The zero-order chi connectivity index (χ0) is 12.3. The number of aryl methyl sites for hydroxylation is 1. The summed E-state index contributed by atoms with van der Waals surface area (Å²) in [5.41, 5.74) is 2.25. The summed E-state index contributed by atoms with van der Waals surface area (Å²) < 4.78 is 2.10. The van der Waals surface area contributed by atoms with E-state index in [-0.39, 0.29) is 12.0 Å². The van der Waals surface area contributed by atoms with E-state index in [2.05, 4.69) is 9.88 Å². The summed E-state index contributed by atoms with van der Waals surface area (Å²) >= 11 is 0. The van der Waals surface area contributed by atoms with E-state index in [1.807, 2.05) is 19.2 Å². The summed E-state index contributed by atoms with van der Waals surface area (Å²) in [6.07, 6.45) is 5.06. The molecule has 94 valence electrons. The van der Waals surface area contributed by atoms with Gasteiger partial charge in [0.05, 0.1) is 6.10 Å². The third kappa shape index (κ3) is 2.69. The van der Waals surface area contributed by atoms with E-state index >= 15 is 0 Å². The lowest BCUT2D eigenvalue weighted by molar-refractivity contribution is -0.121. The van der Waals surface area contributed by atoms with Crippen LogP contribution in [0.25, 0.3) is 0 Å². The molecular formula is C13H20N2O2. The fourth-order valence-electron chi connectivity index (χ4n) is 2.45. The maximum Gasteiger partial charge on any atom is 0.221 e. The van der Waals surface area contributed by atoms with Gasteiger partial charge in [-0.2, -0.15) is 0 Å². The molecule has 1 aliphatic rings. The van der Waals surface area contributed by atoms with Crippen LogP contribution in [0, 0.1) is 0 Å². The number of carbonyl (C=O) groups is 1. The van der Waals surface area contributed by atoms with Crippen LogP contribution in [0.15, 0.2) is 12.3 Å². The van der Waals surface area contributed by atoms with Crippen LogP contribution < -0.4 is 5.32 Å². The molecule has 0 bridgehead atoms. The average molecular weight is 236 g/mol. The van der Waals surface area contributed by atoms with Gasteiger partial charge in [0, 0.05) is 37.0 Å². The standard InChI is InChI=1S/C13H20N2O2/c1-2-14-13(17)7-9-15-8-6-10-11(15)4-3-5-12(10)16/h6,8,12,16H,2-5,7,9H2,1H3,(H,14,17). The minimum Gasteiger partial charge on any atom is -0.388 e. The van der Waals surface area contributed by atoms with E-state index < -0.39 is 0 Å². The number of rotatable bonds is 4. The molecule has 0 saturated heterocycles.